The van der Waals surface area contributed by atoms with Gasteiger partial charge < -0.3 is 4.74 Å². The summed E-state index contributed by atoms with van der Waals surface area (Å²) in [5, 5.41) is 0. The summed E-state index contributed by atoms with van der Waals surface area (Å²) in [5.74, 6) is -0.596. The monoisotopic (exact) mass is 286 g/mol. The van der Waals surface area contributed by atoms with E-state index >= 15 is 0 Å². The molecule has 21 heavy (non-hydrogen) atoms. The Labute approximate surface area is 124 Å². The van der Waals surface area contributed by atoms with E-state index in [1.54, 1.807) is 18.2 Å². The topological polar surface area (TPSA) is 26.3 Å². The van der Waals surface area contributed by atoms with Crippen molar-refractivity contribution in [1.82, 2.24) is 0 Å². The largest absolute Gasteiger partial charge is 0.494 e. The molecule has 0 aromatic heterocycles. The van der Waals surface area contributed by atoms with E-state index in [-0.39, 0.29) is 16.9 Å². The molecule has 0 radical (unpaired) electrons. The summed E-state index contributed by atoms with van der Waals surface area (Å²) in [6.07, 6.45) is 0. The number of hydrogen-bond donors (Lipinski definition) is 0. The Balaban J connectivity index is 2.30. The highest BCUT2D eigenvalue weighted by molar-refractivity contribution is 6.09. The Bertz CT molecular complexity index is 652. The molecule has 0 aliphatic carbocycles. The lowest BCUT2D eigenvalue weighted by atomic mass is 9.86. The number of hydrogen-bond acceptors (Lipinski definition) is 2. The average molecular weight is 286 g/mol. The minimum absolute atomic E-state index is 0.0355. The first-order valence-electron chi connectivity index (χ1n) is 6.81. The lowest BCUT2D eigenvalue weighted by Gasteiger charge is -2.19. The van der Waals surface area contributed by atoms with E-state index in [4.69, 9.17) is 4.74 Å². The van der Waals surface area contributed by atoms with Crippen LogP contribution >= 0.6 is 0 Å². The molecule has 0 amide bonds. The van der Waals surface area contributed by atoms with Crippen molar-refractivity contribution in [2.45, 2.75) is 26.2 Å². The number of carbonyl (C=O) groups is 1. The van der Waals surface area contributed by atoms with Crippen molar-refractivity contribution in [1.29, 1.82) is 0 Å². The zero-order valence-electron chi connectivity index (χ0n) is 12.7. The molecule has 110 valence electrons. The van der Waals surface area contributed by atoms with Crippen LogP contribution in [0.25, 0.3) is 0 Å². The number of halogens is 1. The van der Waals surface area contributed by atoms with Crippen molar-refractivity contribution in [3.05, 3.63) is 65.0 Å². The fourth-order valence-electron chi connectivity index (χ4n) is 2.10. The Morgan fingerprint density at radius 1 is 1.00 bits per heavy atom. The van der Waals surface area contributed by atoms with Crippen molar-refractivity contribution < 1.29 is 13.9 Å². The van der Waals surface area contributed by atoms with Crippen molar-refractivity contribution in [3.8, 4) is 5.75 Å². The van der Waals surface area contributed by atoms with E-state index in [1.807, 2.05) is 12.1 Å². The van der Waals surface area contributed by atoms with Gasteiger partial charge in [0, 0.05) is 11.1 Å². The SMILES string of the molecule is COc1ccc(C(=O)c2ccc(C(C)(C)C)cc2)cc1F. The van der Waals surface area contributed by atoms with Crippen LogP contribution in [0.1, 0.15) is 42.3 Å². The van der Waals surface area contributed by atoms with Crippen LogP contribution in [0.2, 0.25) is 0 Å². The van der Waals surface area contributed by atoms with Crippen molar-refractivity contribution in [3.63, 3.8) is 0 Å². The number of rotatable bonds is 3. The molecule has 0 aliphatic heterocycles. The first-order chi connectivity index (χ1) is 9.82. The molecule has 0 heterocycles. The quantitative estimate of drug-likeness (QED) is 0.783. The van der Waals surface area contributed by atoms with E-state index in [9.17, 15) is 9.18 Å². The summed E-state index contributed by atoms with van der Waals surface area (Å²) < 4.78 is 18.5. The summed E-state index contributed by atoms with van der Waals surface area (Å²) in [4.78, 5) is 12.4. The third kappa shape index (κ3) is 3.30. The molecule has 0 fully saturated rings. The van der Waals surface area contributed by atoms with Crippen LogP contribution in [0.15, 0.2) is 42.5 Å². The van der Waals surface area contributed by atoms with Gasteiger partial charge in [0.15, 0.2) is 17.3 Å². The summed E-state index contributed by atoms with van der Waals surface area (Å²) >= 11 is 0. The van der Waals surface area contributed by atoms with Crippen LogP contribution in [0.5, 0.6) is 5.75 Å². The molecule has 0 aliphatic rings. The highest BCUT2D eigenvalue weighted by atomic mass is 19.1. The van der Waals surface area contributed by atoms with Crippen LogP contribution in [-0.2, 0) is 5.41 Å². The Hall–Kier alpha value is -2.16. The van der Waals surface area contributed by atoms with E-state index in [0.717, 1.165) is 5.56 Å². The third-order valence-electron chi connectivity index (χ3n) is 3.43. The molecule has 0 unspecified atom stereocenters. The van der Waals surface area contributed by atoms with Gasteiger partial charge in [-0.2, -0.15) is 0 Å². The number of methoxy groups -OCH3 is 1. The van der Waals surface area contributed by atoms with Gasteiger partial charge in [0.25, 0.3) is 0 Å². The average Bonchev–Trinajstić information content (AvgIpc) is 2.45. The first kappa shape index (κ1) is 15.2. The maximum absolute atomic E-state index is 13.7. The Morgan fingerprint density at radius 2 is 1.57 bits per heavy atom. The van der Waals surface area contributed by atoms with Crippen LogP contribution < -0.4 is 4.74 Å². The van der Waals surface area contributed by atoms with Gasteiger partial charge in [-0.25, -0.2) is 4.39 Å². The fraction of sp³-hybridized carbons (Fsp3) is 0.278. The maximum atomic E-state index is 13.7. The number of ketones is 1. The van der Waals surface area contributed by atoms with Crippen LogP contribution in [0.4, 0.5) is 4.39 Å². The zero-order valence-corrected chi connectivity index (χ0v) is 12.7. The van der Waals surface area contributed by atoms with Gasteiger partial charge in [0.1, 0.15) is 0 Å². The van der Waals surface area contributed by atoms with Gasteiger partial charge >= 0.3 is 0 Å². The van der Waals surface area contributed by atoms with Crippen molar-refractivity contribution in [2.24, 2.45) is 0 Å². The molecule has 2 aromatic carbocycles. The minimum atomic E-state index is -0.533. The molecule has 0 saturated heterocycles. The second-order valence-electron chi connectivity index (χ2n) is 6.01. The molecular formula is C18H19FO2. The van der Waals surface area contributed by atoms with Crippen LogP contribution in [0.3, 0.4) is 0 Å². The van der Waals surface area contributed by atoms with Gasteiger partial charge in [-0.15, -0.1) is 0 Å². The smallest absolute Gasteiger partial charge is 0.193 e. The second-order valence-corrected chi connectivity index (χ2v) is 6.01. The number of benzene rings is 2. The van der Waals surface area contributed by atoms with Gasteiger partial charge in [-0.1, -0.05) is 45.0 Å². The molecule has 0 N–H and O–H groups in total. The normalized spacial score (nSPS) is 11.3. The van der Waals surface area contributed by atoms with Gasteiger partial charge in [0.05, 0.1) is 7.11 Å². The molecule has 0 bridgehead atoms. The molecule has 2 aromatic rings. The van der Waals surface area contributed by atoms with Crippen LogP contribution in [0, 0.1) is 5.82 Å². The standard InChI is InChI=1S/C18H19FO2/c1-18(2,3)14-8-5-12(6-9-14)17(20)13-7-10-16(21-4)15(19)11-13/h5-11H,1-4H3. The second kappa shape index (κ2) is 5.68. The predicted octanol–water partition coefficient (Wildman–Crippen LogP) is 4.36. The third-order valence-corrected chi connectivity index (χ3v) is 3.43. The van der Waals surface area contributed by atoms with Gasteiger partial charge in [-0.05, 0) is 29.2 Å². The number of ether oxygens (including phenoxy) is 1. The molecule has 2 rings (SSSR count). The fourth-order valence-corrected chi connectivity index (χ4v) is 2.10. The maximum Gasteiger partial charge on any atom is 0.193 e. The van der Waals surface area contributed by atoms with E-state index in [0.29, 0.717) is 11.1 Å². The lowest BCUT2D eigenvalue weighted by Crippen LogP contribution is -2.11. The van der Waals surface area contributed by atoms with Crippen molar-refractivity contribution in [2.75, 3.05) is 7.11 Å². The zero-order chi connectivity index (χ0) is 15.6. The highest BCUT2D eigenvalue weighted by Gasteiger charge is 2.16. The first-order valence-corrected chi connectivity index (χ1v) is 6.81. The molecular weight excluding hydrogens is 267 g/mol. The lowest BCUT2D eigenvalue weighted by molar-refractivity contribution is 0.103. The highest BCUT2D eigenvalue weighted by Crippen LogP contribution is 2.24. The summed E-state index contributed by atoms with van der Waals surface area (Å²) in [5.41, 5.74) is 2.05. The Kier molecular flexibility index (Phi) is 4.12. The number of carbonyl (C=O) groups excluding carboxylic acids is 1. The molecule has 0 atom stereocenters. The van der Waals surface area contributed by atoms with E-state index < -0.39 is 5.82 Å². The van der Waals surface area contributed by atoms with E-state index in [1.165, 1.54) is 19.2 Å². The summed E-state index contributed by atoms with van der Waals surface area (Å²) in [7, 11) is 1.39. The summed E-state index contributed by atoms with van der Waals surface area (Å²) in [6.45, 7) is 6.34. The van der Waals surface area contributed by atoms with Gasteiger partial charge in [-0.3, -0.25) is 4.79 Å². The molecule has 0 saturated carbocycles. The molecule has 0 spiro atoms. The summed E-state index contributed by atoms with van der Waals surface area (Å²) in [6, 6.07) is 11.7. The molecule has 3 heteroatoms. The van der Waals surface area contributed by atoms with Crippen LogP contribution in [-0.4, -0.2) is 12.9 Å². The predicted molar refractivity (Wildman–Crippen MR) is 81.5 cm³/mol. The van der Waals surface area contributed by atoms with Crippen molar-refractivity contribution >= 4 is 5.78 Å². The minimum Gasteiger partial charge on any atom is -0.494 e. The van der Waals surface area contributed by atoms with E-state index in [2.05, 4.69) is 20.8 Å². The Morgan fingerprint density at radius 3 is 2.05 bits per heavy atom. The molecule has 2 nitrogen and oxygen atoms in total. The van der Waals surface area contributed by atoms with Gasteiger partial charge in [0.2, 0.25) is 0 Å².